The summed E-state index contributed by atoms with van der Waals surface area (Å²) >= 11 is 0. The smallest absolute Gasteiger partial charge is 0.251 e. The van der Waals surface area contributed by atoms with Crippen LogP contribution in [0.4, 0.5) is 5.69 Å². The number of fused-ring (bicyclic) bond motifs is 1. The second-order valence-corrected chi connectivity index (χ2v) is 9.55. The van der Waals surface area contributed by atoms with Crippen LogP contribution in [-0.4, -0.2) is 33.2 Å². The SMILES string of the molecule is CCC1(CC)C[C@@H](NC(=O)c2cccc(N(C)S(C)(=O)=O)c2)c2ccccc2O1. The maximum absolute atomic E-state index is 13.0. The lowest BCUT2D eigenvalue weighted by molar-refractivity contribution is 0.0227. The number of nitrogens with one attached hydrogen (secondary N) is 1. The van der Waals surface area contributed by atoms with Crippen LogP contribution in [0.5, 0.6) is 5.75 Å². The maximum Gasteiger partial charge on any atom is 0.251 e. The Kier molecular flexibility index (Phi) is 5.89. The number of hydrogen-bond acceptors (Lipinski definition) is 4. The number of rotatable bonds is 6. The highest BCUT2D eigenvalue weighted by molar-refractivity contribution is 7.92. The molecule has 7 heteroatoms. The van der Waals surface area contributed by atoms with Crippen molar-refractivity contribution in [2.75, 3.05) is 17.6 Å². The third-order valence-electron chi connectivity index (χ3n) is 5.76. The molecule has 0 saturated carbocycles. The van der Waals surface area contributed by atoms with Crippen LogP contribution in [0.3, 0.4) is 0 Å². The molecule has 3 rings (SSSR count). The number of nitrogens with zero attached hydrogens (tertiary/aromatic N) is 1. The van der Waals surface area contributed by atoms with Crippen molar-refractivity contribution >= 4 is 21.6 Å². The molecule has 0 unspecified atom stereocenters. The van der Waals surface area contributed by atoms with Crippen LogP contribution in [0.2, 0.25) is 0 Å². The monoisotopic (exact) mass is 416 g/mol. The highest BCUT2D eigenvalue weighted by Gasteiger charge is 2.39. The normalized spacial score (nSPS) is 17.7. The van der Waals surface area contributed by atoms with E-state index in [1.54, 1.807) is 24.3 Å². The van der Waals surface area contributed by atoms with E-state index in [0.717, 1.165) is 34.7 Å². The molecule has 1 aliphatic rings. The average molecular weight is 417 g/mol. The molecular formula is C22H28N2O4S. The van der Waals surface area contributed by atoms with E-state index in [4.69, 9.17) is 4.74 Å². The molecule has 0 saturated heterocycles. The lowest BCUT2D eigenvalue weighted by Crippen LogP contribution is -2.44. The van der Waals surface area contributed by atoms with Crippen molar-refractivity contribution in [1.82, 2.24) is 5.32 Å². The van der Waals surface area contributed by atoms with Gasteiger partial charge in [0.05, 0.1) is 18.0 Å². The van der Waals surface area contributed by atoms with E-state index in [1.165, 1.54) is 7.05 Å². The summed E-state index contributed by atoms with van der Waals surface area (Å²) in [5.41, 5.74) is 1.51. The molecule has 6 nitrogen and oxygen atoms in total. The van der Waals surface area contributed by atoms with Crippen LogP contribution in [-0.2, 0) is 10.0 Å². The molecule has 1 N–H and O–H groups in total. The van der Waals surface area contributed by atoms with Gasteiger partial charge < -0.3 is 10.1 Å². The lowest BCUT2D eigenvalue weighted by Gasteiger charge is -2.41. The zero-order chi connectivity index (χ0) is 21.2. The summed E-state index contributed by atoms with van der Waals surface area (Å²) in [5.74, 6) is 0.565. The summed E-state index contributed by atoms with van der Waals surface area (Å²) < 4.78 is 31.1. The van der Waals surface area contributed by atoms with E-state index >= 15 is 0 Å². The molecular weight excluding hydrogens is 388 g/mol. The lowest BCUT2D eigenvalue weighted by atomic mass is 9.83. The maximum atomic E-state index is 13.0. The molecule has 0 fully saturated rings. The summed E-state index contributed by atoms with van der Waals surface area (Å²) in [6, 6.07) is 14.2. The number of sulfonamides is 1. The van der Waals surface area contributed by atoms with Gasteiger partial charge in [0.1, 0.15) is 11.4 Å². The Bertz CT molecular complexity index is 999. The fourth-order valence-electron chi connectivity index (χ4n) is 3.71. The molecule has 2 aromatic rings. The Morgan fingerprint density at radius 3 is 2.52 bits per heavy atom. The van der Waals surface area contributed by atoms with Gasteiger partial charge in [-0.3, -0.25) is 9.10 Å². The number of amides is 1. The molecule has 1 aliphatic heterocycles. The molecule has 0 radical (unpaired) electrons. The predicted molar refractivity (Wildman–Crippen MR) is 115 cm³/mol. The number of carbonyl (C=O) groups excluding carboxylic acids is 1. The fourth-order valence-corrected chi connectivity index (χ4v) is 4.20. The number of anilines is 1. The van der Waals surface area contributed by atoms with Crippen molar-refractivity contribution < 1.29 is 17.9 Å². The Morgan fingerprint density at radius 2 is 1.86 bits per heavy atom. The minimum Gasteiger partial charge on any atom is -0.487 e. The van der Waals surface area contributed by atoms with Gasteiger partial charge in [0.2, 0.25) is 10.0 Å². The molecule has 0 bridgehead atoms. The number of carbonyl (C=O) groups is 1. The molecule has 0 aliphatic carbocycles. The summed E-state index contributed by atoms with van der Waals surface area (Å²) in [6.07, 6.45) is 3.51. The standard InChI is InChI=1S/C22H28N2O4S/c1-5-22(6-2)15-19(18-12-7-8-13-20(18)28-22)23-21(25)16-10-9-11-17(14-16)24(3)29(4,26)27/h7-14,19H,5-6,15H2,1-4H3,(H,23,25)/t19-/m1/s1. The Labute approximate surface area is 172 Å². The molecule has 2 aromatic carbocycles. The Hall–Kier alpha value is -2.54. The van der Waals surface area contributed by atoms with E-state index < -0.39 is 10.0 Å². The summed E-state index contributed by atoms with van der Waals surface area (Å²) in [7, 11) is -1.93. The third kappa shape index (κ3) is 4.40. The van der Waals surface area contributed by atoms with Crippen LogP contribution in [0, 0.1) is 0 Å². The molecule has 1 amide bonds. The summed E-state index contributed by atoms with van der Waals surface area (Å²) in [4.78, 5) is 13.0. The van der Waals surface area contributed by atoms with Gasteiger partial charge >= 0.3 is 0 Å². The van der Waals surface area contributed by atoms with E-state index in [0.29, 0.717) is 17.7 Å². The second-order valence-electron chi connectivity index (χ2n) is 7.54. The van der Waals surface area contributed by atoms with Crippen LogP contribution in [0.25, 0.3) is 0 Å². The number of hydrogen-bond donors (Lipinski definition) is 1. The van der Waals surface area contributed by atoms with Crippen molar-refractivity contribution in [2.45, 2.75) is 44.8 Å². The fraction of sp³-hybridized carbons (Fsp3) is 0.409. The molecule has 29 heavy (non-hydrogen) atoms. The molecule has 1 heterocycles. The van der Waals surface area contributed by atoms with Gasteiger partial charge in [-0.15, -0.1) is 0 Å². The Balaban J connectivity index is 1.89. The largest absolute Gasteiger partial charge is 0.487 e. The van der Waals surface area contributed by atoms with Crippen molar-refractivity contribution in [1.29, 1.82) is 0 Å². The second kappa shape index (κ2) is 8.06. The van der Waals surface area contributed by atoms with Gasteiger partial charge in [-0.05, 0) is 37.1 Å². The van der Waals surface area contributed by atoms with E-state index in [-0.39, 0.29) is 17.6 Å². The van der Waals surface area contributed by atoms with Crippen molar-refractivity contribution in [2.24, 2.45) is 0 Å². The minimum absolute atomic E-state index is 0.177. The minimum atomic E-state index is -3.40. The number of ether oxygens (including phenoxy) is 1. The van der Waals surface area contributed by atoms with Gasteiger partial charge in [0.15, 0.2) is 0 Å². The van der Waals surface area contributed by atoms with Crippen LogP contribution < -0.4 is 14.4 Å². The highest BCUT2D eigenvalue weighted by Crippen LogP contribution is 2.42. The first kappa shape index (κ1) is 21.2. The summed E-state index contributed by atoms with van der Waals surface area (Å²) in [6.45, 7) is 4.20. The third-order valence-corrected chi connectivity index (χ3v) is 6.97. The van der Waals surface area contributed by atoms with Crippen molar-refractivity contribution in [3.8, 4) is 5.75 Å². The van der Waals surface area contributed by atoms with Crippen LogP contribution >= 0.6 is 0 Å². The molecule has 0 aromatic heterocycles. The van der Waals surface area contributed by atoms with Crippen molar-refractivity contribution in [3.63, 3.8) is 0 Å². The first-order valence-corrected chi connectivity index (χ1v) is 11.7. The highest BCUT2D eigenvalue weighted by atomic mass is 32.2. The van der Waals surface area contributed by atoms with Gasteiger partial charge in [0.25, 0.3) is 5.91 Å². The number of para-hydroxylation sites is 1. The Morgan fingerprint density at radius 1 is 1.17 bits per heavy atom. The van der Waals surface area contributed by atoms with Gasteiger partial charge in [0, 0.05) is 24.6 Å². The molecule has 1 atom stereocenters. The van der Waals surface area contributed by atoms with Gasteiger partial charge in [-0.2, -0.15) is 0 Å². The first-order chi connectivity index (χ1) is 13.7. The summed E-state index contributed by atoms with van der Waals surface area (Å²) in [5, 5.41) is 3.13. The van der Waals surface area contributed by atoms with E-state index in [9.17, 15) is 13.2 Å². The quantitative estimate of drug-likeness (QED) is 0.775. The van der Waals surface area contributed by atoms with E-state index in [1.807, 2.05) is 24.3 Å². The van der Waals surface area contributed by atoms with Crippen molar-refractivity contribution in [3.05, 3.63) is 59.7 Å². The predicted octanol–water partition coefficient (Wildman–Crippen LogP) is 3.89. The molecule has 156 valence electrons. The number of benzene rings is 2. The van der Waals surface area contributed by atoms with Gasteiger partial charge in [-0.1, -0.05) is 38.1 Å². The average Bonchev–Trinajstić information content (AvgIpc) is 2.72. The topological polar surface area (TPSA) is 75.7 Å². The van der Waals surface area contributed by atoms with E-state index in [2.05, 4.69) is 19.2 Å². The van der Waals surface area contributed by atoms with Gasteiger partial charge in [-0.25, -0.2) is 8.42 Å². The zero-order valence-electron chi connectivity index (χ0n) is 17.3. The molecule has 0 spiro atoms. The van der Waals surface area contributed by atoms with Crippen LogP contribution in [0.15, 0.2) is 48.5 Å². The zero-order valence-corrected chi connectivity index (χ0v) is 18.1. The first-order valence-electron chi connectivity index (χ1n) is 9.82. The van der Waals surface area contributed by atoms with Crippen LogP contribution in [0.1, 0.15) is 55.1 Å².